The minimum Gasteiger partial charge on any atom is -0.478 e. The third kappa shape index (κ3) is 3.66. The number of hydrogen-bond acceptors (Lipinski definition) is 1. The molecule has 0 aliphatic carbocycles. The van der Waals surface area contributed by atoms with Crippen molar-refractivity contribution >= 4 is 40.8 Å². The summed E-state index contributed by atoms with van der Waals surface area (Å²) in [4.78, 5) is 11.6. The van der Waals surface area contributed by atoms with Crippen LogP contribution in [0.25, 0.3) is 11.6 Å². The summed E-state index contributed by atoms with van der Waals surface area (Å²) in [7, 11) is 0. The van der Waals surface area contributed by atoms with E-state index in [2.05, 4.69) is 0 Å². The second-order valence-electron chi connectivity index (χ2n) is 4.86. The molecule has 4 heteroatoms. The van der Waals surface area contributed by atoms with Crippen LogP contribution in [0.3, 0.4) is 0 Å². The fourth-order valence-electron chi connectivity index (χ4n) is 2.14. The molecule has 0 saturated carbocycles. The summed E-state index contributed by atoms with van der Waals surface area (Å²) in [5.41, 5.74) is 3.63. The van der Waals surface area contributed by atoms with Crippen molar-refractivity contribution < 1.29 is 9.90 Å². The van der Waals surface area contributed by atoms with Gasteiger partial charge in [-0.05, 0) is 48.7 Å². The van der Waals surface area contributed by atoms with Crippen LogP contribution in [-0.4, -0.2) is 11.1 Å². The molecule has 0 aliphatic heterocycles. The highest BCUT2D eigenvalue weighted by molar-refractivity contribution is 6.42. The van der Waals surface area contributed by atoms with Crippen molar-refractivity contribution in [2.45, 2.75) is 13.8 Å². The molecule has 0 radical (unpaired) electrons. The lowest BCUT2D eigenvalue weighted by molar-refractivity contribution is -0.130. The number of carboxylic acids is 1. The average molecular weight is 321 g/mol. The van der Waals surface area contributed by atoms with Gasteiger partial charge in [0.25, 0.3) is 0 Å². The lowest BCUT2D eigenvalue weighted by Crippen LogP contribution is -2.01. The van der Waals surface area contributed by atoms with Crippen LogP contribution >= 0.6 is 23.2 Å². The first-order valence-electron chi connectivity index (χ1n) is 6.36. The number of rotatable bonds is 3. The van der Waals surface area contributed by atoms with Crippen LogP contribution in [0.4, 0.5) is 0 Å². The molecule has 2 aromatic rings. The largest absolute Gasteiger partial charge is 0.478 e. The number of hydrogen-bond donors (Lipinski definition) is 1. The van der Waals surface area contributed by atoms with Gasteiger partial charge in [-0.25, -0.2) is 4.79 Å². The molecule has 2 aromatic carbocycles. The van der Waals surface area contributed by atoms with E-state index in [-0.39, 0.29) is 5.57 Å². The van der Waals surface area contributed by atoms with E-state index in [1.165, 1.54) is 0 Å². The van der Waals surface area contributed by atoms with Crippen molar-refractivity contribution in [1.29, 1.82) is 0 Å². The van der Waals surface area contributed by atoms with Crippen molar-refractivity contribution in [3.05, 3.63) is 68.7 Å². The third-order valence-corrected chi connectivity index (χ3v) is 3.90. The predicted octanol–water partition coefficient (Wildman–Crippen LogP) is 5.24. The Hall–Kier alpha value is -1.77. The molecule has 1 N–H and O–H groups in total. The number of carboxylic acid groups (broad SMARTS) is 1. The van der Waals surface area contributed by atoms with E-state index >= 15 is 0 Å². The Balaban J connectivity index is 2.55. The van der Waals surface area contributed by atoms with Crippen molar-refractivity contribution in [2.75, 3.05) is 0 Å². The van der Waals surface area contributed by atoms with Gasteiger partial charge in [0.05, 0.1) is 15.6 Å². The van der Waals surface area contributed by atoms with E-state index in [0.29, 0.717) is 21.2 Å². The summed E-state index contributed by atoms with van der Waals surface area (Å²) < 4.78 is 0. The van der Waals surface area contributed by atoms with Crippen LogP contribution in [0.2, 0.25) is 10.0 Å². The van der Waals surface area contributed by atoms with Gasteiger partial charge in [0, 0.05) is 0 Å². The minimum atomic E-state index is -0.979. The van der Waals surface area contributed by atoms with E-state index in [4.69, 9.17) is 23.2 Å². The Bertz CT molecular complexity index is 734. The molecule has 108 valence electrons. The molecule has 0 atom stereocenters. The van der Waals surface area contributed by atoms with Crippen molar-refractivity contribution in [2.24, 2.45) is 0 Å². The number of carbonyl (C=O) groups is 1. The fourth-order valence-corrected chi connectivity index (χ4v) is 2.45. The van der Waals surface area contributed by atoms with Gasteiger partial charge in [-0.1, -0.05) is 53.0 Å². The lowest BCUT2D eigenvalue weighted by atomic mass is 9.97. The standard InChI is InChI=1S/C17H14Cl2O2/c1-10-3-5-13(11(2)7-10)14(17(20)21)8-12-4-6-15(18)16(19)9-12/h3-9H,1-2H3,(H,20,21)/b14-8-. The summed E-state index contributed by atoms with van der Waals surface area (Å²) in [6.07, 6.45) is 1.60. The molecule has 0 spiro atoms. The molecule has 2 rings (SSSR count). The zero-order valence-corrected chi connectivity index (χ0v) is 13.2. The van der Waals surface area contributed by atoms with E-state index in [1.54, 1.807) is 24.3 Å². The molecule has 0 amide bonds. The monoisotopic (exact) mass is 320 g/mol. The van der Waals surface area contributed by atoms with Crippen molar-refractivity contribution in [1.82, 2.24) is 0 Å². The maximum Gasteiger partial charge on any atom is 0.336 e. The van der Waals surface area contributed by atoms with Gasteiger partial charge in [-0.3, -0.25) is 0 Å². The second-order valence-corrected chi connectivity index (χ2v) is 5.67. The second kappa shape index (κ2) is 6.33. The van der Waals surface area contributed by atoms with Crippen LogP contribution in [0.1, 0.15) is 22.3 Å². The topological polar surface area (TPSA) is 37.3 Å². The highest BCUT2D eigenvalue weighted by atomic mass is 35.5. The van der Waals surface area contributed by atoms with Gasteiger partial charge >= 0.3 is 5.97 Å². The molecule has 21 heavy (non-hydrogen) atoms. The Kier molecular flexibility index (Phi) is 4.71. The van der Waals surface area contributed by atoms with Gasteiger partial charge < -0.3 is 5.11 Å². The SMILES string of the molecule is Cc1ccc(/C(=C/c2ccc(Cl)c(Cl)c2)C(=O)O)c(C)c1. The number of aliphatic carboxylic acids is 1. The molecular weight excluding hydrogens is 307 g/mol. The van der Waals surface area contributed by atoms with Crippen LogP contribution in [0.15, 0.2) is 36.4 Å². The predicted molar refractivity (Wildman–Crippen MR) is 87.9 cm³/mol. The molecule has 0 bridgehead atoms. The van der Waals surface area contributed by atoms with E-state index in [1.807, 2.05) is 32.0 Å². The molecule has 0 aliphatic rings. The van der Waals surface area contributed by atoms with Crippen molar-refractivity contribution in [3.8, 4) is 0 Å². The first-order valence-corrected chi connectivity index (χ1v) is 7.12. The van der Waals surface area contributed by atoms with Crippen molar-refractivity contribution in [3.63, 3.8) is 0 Å². The molecule has 0 saturated heterocycles. The first kappa shape index (κ1) is 15.6. The molecule has 0 fully saturated rings. The molecule has 0 aromatic heterocycles. The highest BCUT2D eigenvalue weighted by Crippen LogP contribution is 2.27. The summed E-state index contributed by atoms with van der Waals surface area (Å²) in [5, 5.41) is 10.3. The Morgan fingerprint density at radius 2 is 1.76 bits per heavy atom. The maximum atomic E-state index is 11.6. The average Bonchev–Trinajstić information content (AvgIpc) is 2.40. The molecule has 0 unspecified atom stereocenters. The third-order valence-electron chi connectivity index (χ3n) is 3.16. The quantitative estimate of drug-likeness (QED) is 0.620. The van der Waals surface area contributed by atoms with Gasteiger partial charge in [-0.2, -0.15) is 0 Å². The molecule has 0 heterocycles. The Morgan fingerprint density at radius 1 is 1.05 bits per heavy atom. The maximum absolute atomic E-state index is 11.6. The Labute approximate surface area is 133 Å². The van der Waals surface area contributed by atoms with E-state index < -0.39 is 5.97 Å². The number of aryl methyl sites for hydroxylation is 2. The Morgan fingerprint density at radius 3 is 2.33 bits per heavy atom. The summed E-state index contributed by atoms with van der Waals surface area (Å²) in [6.45, 7) is 3.87. The highest BCUT2D eigenvalue weighted by Gasteiger charge is 2.13. The van der Waals surface area contributed by atoms with Gasteiger partial charge in [-0.15, -0.1) is 0 Å². The first-order chi connectivity index (χ1) is 9.88. The van der Waals surface area contributed by atoms with Crippen LogP contribution in [0, 0.1) is 13.8 Å². The van der Waals surface area contributed by atoms with E-state index in [0.717, 1.165) is 11.1 Å². The van der Waals surface area contributed by atoms with Crippen LogP contribution in [-0.2, 0) is 4.79 Å². The van der Waals surface area contributed by atoms with Gasteiger partial charge in [0.2, 0.25) is 0 Å². The number of benzene rings is 2. The van der Waals surface area contributed by atoms with E-state index in [9.17, 15) is 9.90 Å². The zero-order chi connectivity index (χ0) is 15.6. The summed E-state index contributed by atoms with van der Waals surface area (Å²) in [6, 6.07) is 10.7. The minimum absolute atomic E-state index is 0.228. The molecular formula is C17H14Cl2O2. The zero-order valence-electron chi connectivity index (χ0n) is 11.7. The summed E-state index contributed by atoms with van der Waals surface area (Å²) >= 11 is 11.8. The molecule has 2 nitrogen and oxygen atoms in total. The number of halogens is 2. The summed E-state index contributed by atoms with van der Waals surface area (Å²) in [5.74, 6) is -0.979. The van der Waals surface area contributed by atoms with Crippen LogP contribution in [0.5, 0.6) is 0 Å². The lowest BCUT2D eigenvalue weighted by Gasteiger charge is -2.08. The van der Waals surface area contributed by atoms with Crippen LogP contribution < -0.4 is 0 Å². The van der Waals surface area contributed by atoms with Gasteiger partial charge in [0.15, 0.2) is 0 Å². The smallest absolute Gasteiger partial charge is 0.336 e. The normalized spacial score (nSPS) is 11.5. The van der Waals surface area contributed by atoms with Gasteiger partial charge in [0.1, 0.15) is 0 Å². The fraction of sp³-hybridized carbons (Fsp3) is 0.118.